The fraction of sp³-hybridized carbons (Fsp3) is 0.200. The second-order valence-electron chi connectivity index (χ2n) is 4.15. The summed E-state index contributed by atoms with van der Waals surface area (Å²) in [5.41, 5.74) is 6.84. The lowest BCUT2D eigenvalue weighted by Gasteiger charge is -2.16. The number of rotatable bonds is 5. The van der Waals surface area contributed by atoms with Crippen molar-refractivity contribution >= 4 is 0 Å². The molecule has 0 fully saturated rings. The minimum absolute atomic E-state index is 0.130. The molecule has 1 unspecified atom stereocenters. The molecule has 0 radical (unpaired) electrons. The average molecular weight is 243 g/mol. The predicted molar refractivity (Wildman–Crippen MR) is 71.8 cm³/mol. The first-order valence-electron chi connectivity index (χ1n) is 5.96. The first-order chi connectivity index (χ1) is 8.79. The third-order valence-electron chi connectivity index (χ3n) is 2.84. The van der Waals surface area contributed by atoms with E-state index in [0.29, 0.717) is 13.2 Å². The molecule has 0 saturated carbocycles. The van der Waals surface area contributed by atoms with Gasteiger partial charge in [-0.1, -0.05) is 30.3 Å². The summed E-state index contributed by atoms with van der Waals surface area (Å²) in [6.45, 7) is 1.04. The Morgan fingerprint density at radius 1 is 1.00 bits per heavy atom. The zero-order chi connectivity index (χ0) is 12.8. The van der Waals surface area contributed by atoms with E-state index in [2.05, 4.69) is 0 Å². The summed E-state index contributed by atoms with van der Waals surface area (Å²) in [5.74, 6) is 1.24. The highest BCUT2D eigenvalue weighted by Crippen LogP contribution is 2.19. The Balaban J connectivity index is 1.99. The maximum atomic E-state index is 9.26. The van der Waals surface area contributed by atoms with Crippen LogP contribution in [0.25, 0.3) is 0 Å². The van der Waals surface area contributed by atoms with Gasteiger partial charge in [0.25, 0.3) is 0 Å². The van der Waals surface area contributed by atoms with Crippen LogP contribution < -0.4 is 10.5 Å². The van der Waals surface area contributed by atoms with Gasteiger partial charge >= 0.3 is 0 Å². The number of benzene rings is 2. The second-order valence-corrected chi connectivity index (χ2v) is 4.15. The molecule has 3 heteroatoms. The third-order valence-corrected chi connectivity index (χ3v) is 2.84. The Morgan fingerprint density at radius 2 is 1.67 bits per heavy atom. The quantitative estimate of drug-likeness (QED) is 0.848. The van der Waals surface area contributed by atoms with Crippen molar-refractivity contribution in [3.05, 3.63) is 60.2 Å². The number of phenolic OH excluding ortho intramolecular Hbond substituents is 1. The molecule has 2 rings (SSSR count). The van der Waals surface area contributed by atoms with Crippen LogP contribution in [0, 0.1) is 0 Å². The Hall–Kier alpha value is -2.00. The molecule has 0 aliphatic rings. The van der Waals surface area contributed by atoms with Gasteiger partial charge in [-0.15, -0.1) is 0 Å². The molecule has 2 aromatic rings. The molecule has 0 saturated heterocycles. The number of hydrogen-bond acceptors (Lipinski definition) is 3. The van der Waals surface area contributed by atoms with E-state index in [1.165, 1.54) is 0 Å². The smallest absolute Gasteiger partial charge is 0.119 e. The summed E-state index contributed by atoms with van der Waals surface area (Å²) in [7, 11) is 0. The molecule has 0 aliphatic carbocycles. The summed E-state index contributed by atoms with van der Waals surface area (Å²) in [4.78, 5) is 0. The van der Waals surface area contributed by atoms with Crippen LogP contribution in [0.3, 0.4) is 0 Å². The molecule has 0 spiro atoms. The van der Waals surface area contributed by atoms with Crippen LogP contribution >= 0.6 is 0 Å². The minimum Gasteiger partial charge on any atom is -0.508 e. The van der Waals surface area contributed by atoms with Gasteiger partial charge in [0.05, 0.1) is 6.61 Å². The molecule has 2 aromatic carbocycles. The number of hydrogen-bond donors (Lipinski definition) is 2. The van der Waals surface area contributed by atoms with E-state index in [9.17, 15) is 5.11 Å². The standard InChI is InChI=1S/C15H17NO2/c16-10-13(12-6-8-14(17)9-7-12)11-18-15-4-2-1-3-5-15/h1-9,13,17H,10-11,16H2. The normalized spacial score (nSPS) is 12.1. The van der Waals surface area contributed by atoms with Crippen molar-refractivity contribution in [3.8, 4) is 11.5 Å². The molecule has 0 bridgehead atoms. The summed E-state index contributed by atoms with van der Waals surface area (Å²) >= 11 is 0. The Morgan fingerprint density at radius 3 is 2.28 bits per heavy atom. The number of phenols is 1. The predicted octanol–water partition coefficient (Wildman–Crippen LogP) is 2.51. The van der Waals surface area contributed by atoms with Gasteiger partial charge in [-0.2, -0.15) is 0 Å². The molecule has 94 valence electrons. The van der Waals surface area contributed by atoms with Gasteiger partial charge < -0.3 is 15.6 Å². The Kier molecular flexibility index (Phi) is 4.20. The van der Waals surface area contributed by atoms with Crippen LogP contribution in [-0.4, -0.2) is 18.3 Å². The van der Waals surface area contributed by atoms with Gasteiger partial charge in [0, 0.05) is 12.5 Å². The molecule has 3 nitrogen and oxygen atoms in total. The third kappa shape index (κ3) is 3.25. The summed E-state index contributed by atoms with van der Waals surface area (Å²) < 4.78 is 5.70. The lowest BCUT2D eigenvalue weighted by Crippen LogP contribution is -2.19. The van der Waals surface area contributed by atoms with E-state index in [0.717, 1.165) is 11.3 Å². The number of ether oxygens (including phenoxy) is 1. The number of aromatic hydroxyl groups is 1. The topological polar surface area (TPSA) is 55.5 Å². The van der Waals surface area contributed by atoms with Gasteiger partial charge in [-0.3, -0.25) is 0 Å². The summed E-state index contributed by atoms with van der Waals surface area (Å²) in [5, 5.41) is 9.26. The van der Waals surface area contributed by atoms with Crippen molar-refractivity contribution in [1.82, 2.24) is 0 Å². The van der Waals surface area contributed by atoms with Crippen molar-refractivity contribution in [2.75, 3.05) is 13.2 Å². The van der Waals surface area contributed by atoms with Crippen LogP contribution in [-0.2, 0) is 0 Å². The molecular weight excluding hydrogens is 226 g/mol. The van der Waals surface area contributed by atoms with E-state index < -0.39 is 0 Å². The van der Waals surface area contributed by atoms with Gasteiger partial charge in [0.15, 0.2) is 0 Å². The fourth-order valence-corrected chi connectivity index (χ4v) is 1.76. The molecule has 18 heavy (non-hydrogen) atoms. The molecule has 0 heterocycles. The van der Waals surface area contributed by atoms with Crippen LogP contribution in [0.1, 0.15) is 11.5 Å². The highest BCUT2D eigenvalue weighted by atomic mass is 16.5. The highest BCUT2D eigenvalue weighted by molar-refractivity contribution is 5.29. The fourth-order valence-electron chi connectivity index (χ4n) is 1.76. The zero-order valence-corrected chi connectivity index (χ0v) is 10.1. The molecule has 0 amide bonds. The first-order valence-corrected chi connectivity index (χ1v) is 5.96. The van der Waals surface area contributed by atoms with E-state index >= 15 is 0 Å². The summed E-state index contributed by atoms with van der Waals surface area (Å²) in [6.07, 6.45) is 0. The minimum atomic E-state index is 0.130. The maximum absolute atomic E-state index is 9.26. The van der Waals surface area contributed by atoms with Crippen molar-refractivity contribution in [1.29, 1.82) is 0 Å². The lowest BCUT2D eigenvalue weighted by molar-refractivity contribution is 0.290. The van der Waals surface area contributed by atoms with Gasteiger partial charge in [0.1, 0.15) is 11.5 Å². The van der Waals surface area contributed by atoms with Crippen molar-refractivity contribution in [2.45, 2.75) is 5.92 Å². The van der Waals surface area contributed by atoms with Crippen LogP contribution in [0.2, 0.25) is 0 Å². The van der Waals surface area contributed by atoms with Gasteiger partial charge in [-0.25, -0.2) is 0 Å². The Bertz CT molecular complexity index is 468. The molecule has 0 aliphatic heterocycles. The van der Waals surface area contributed by atoms with E-state index in [1.54, 1.807) is 12.1 Å². The monoisotopic (exact) mass is 243 g/mol. The highest BCUT2D eigenvalue weighted by Gasteiger charge is 2.10. The number of para-hydroxylation sites is 1. The SMILES string of the molecule is NCC(COc1ccccc1)c1ccc(O)cc1. The molecule has 3 N–H and O–H groups in total. The molecule has 0 aromatic heterocycles. The Labute approximate surface area is 107 Å². The van der Waals surface area contributed by atoms with Crippen LogP contribution in [0.4, 0.5) is 0 Å². The zero-order valence-electron chi connectivity index (χ0n) is 10.1. The van der Waals surface area contributed by atoms with Crippen molar-refractivity contribution in [3.63, 3.8) is 0 Å². The largest absolute Gasteiger partial charge is 0.508 e. The second kappa shape index (κ2) is 6.07. The number of nitrogens with two attached hydrogens (primary N) is 1. The van der Waals surface area contributed by atoms with E-state index in [1.807, 2.05) is 42.5 Å². The van der Waals surface area contributed by atoms with Crippen LogP contribution in [0.5, 0.6) is 11.5 Å². The van der Waals surface area contributed by atoms with Gasteiger partial charge in [-0.05, 0) is 29.8 Å². The van der Waals surface area contributed by atoms with Crippen molar-refractivity contribution in [2.24, 2.45) is 5.73 Å². The molecule has 1 atom stereocenters. The first kappa shape index (κ1) is 12.5. The van der Waals surface area contributed by atoms with Crippen molar-refractivity contribution < 1.29 is 9.84 Å². The average Bonchev–Trinajstić information content (AvgIpc) is 2.42. The lowest BCUT2D eigenvalue weighted by atomic mass is 10.0. The van der Waals surface area contributed by atoms with E-state index in [-0.39, 0.29) is 11.7 Å². The van der Waals surface area contributed by atoms with Crippen LogP contribution in [0.15, 0.2) is 54.6 Å². The van der Waals surface area contributed by atoms with E-state index in [4.69, 9.17) is 10.5 Å². The molecular formula is C15H17NO2. The maximum Gasteiger partial charge on any atom is 0.119 e. The van der Waals surface area contributed by atoms with Gasteiger partial charge in [0.2, 0.25) is 0 Å². The summed E-state index contributed by atoms with van der Waals surface area (Å²) in [6, 6.07) is 16.8.